The molecule has 0 unspecified atom stereocenters. The number of ether oxygens (including phenoxy) is 1. The maximum atomic E-state index is 12.9. The van der Waals surface area contributed by atoms with Crippen molar-refractivity contribution in [3.63, 3.8) is 0 Å². The minimum atomic E-state index is -0.557. The quantitative estimate of drug-likeness (QED) is 0.462. The number of carbonyl (C=O) groups excluding carboxylic acids is 1. The summed E-state index contributed by atoms with van der Waals surface area (Å²) in [4.78, 5) is 22.3. The highest BCUT2D eigenvalue weighted by molar-refractivity contribution is 6.32. The predicted octanol–water partition coefficient (Wildman–Crippen LogP) is 4.49. The summed E-state index contributed by atoms with van der Waals surface area (Å²) in [7, 11) is 0. The number of nitrogens with one attached hydrogen (secondary N) is 1. The van der Waals surface area contributed by atoms with Crippen LogP contribution in [-0.2, 0) is 13.2 Å². The maximum Gasteiger partial charge on any atom is 0.287 e. The number of nitro groups is 1. The van der Waals surface area contributed by atoms with Gasteiger partial charge in [0.15, 0.2) is 5.76 Å². The second kappa shape index (κ2) is 8.53. The number of nitrogens with zero attached hydrogens (tertiary/aromatic N) is 1. The Hall–Kier alpha value is -3.39. The molecule has 0 atom stereocenters. The zero-order chi connectivity index (χ0) is 20.1. The number of amides is 1. The van der Waals surface area contributed by atoms with Gasteiger partial charge in [-0.3, -0.25) is 14.9 Å². The maximum absolute atomic E-state index is 12.9. The summed E-state index contributed by atoms with van der Waals surface area (Å²) in [6, 6.07) is 12.7. The first kappa shape index (κ1) is 19.4. The molecule has 1 N–H and O–H groups in total. The molecule has 0 saturated carbocycles. The number of rotatable bonds is 7. The molecule has 0 bridgehead atoms. The summed E-state index contributed by atoms with van der Waals surface area (Å²) in [6.07, 6.45) is 0. The lowest BCUT2D eigenvalue weighted by Crippen LogP contribution is -2.22. The van der Waals surface area contributed by atoms with Crippen molar-refractivity contribution in [3.8, 4) is 5.75 Å². The Balaban J connectivity index is 1.55. The fourth-order valence-corrected chi connectivity index (χ4v) is 2.55. The molecule has 9 heteroatoms. The summed E-state index contributed by atoms with van der Waals surface area (Å²) in [5.41, 5.74) is 0.605. The van der Waals surface area contributed by atoms with Gasteiger partial charge in [0, 0.05) is 18.7 Å². The molecule has 0 aliphatic rings. The van der Waals surface area contributed by atoms with Gasteiger partial charge in [-0.05, 0) is 35.9 Å². The smallest absolute Gasteiger partial charge is 0.287 e. The van der Waals surface area contributed by atoms with Crippen LogP contribution in [0.15, 0.2) is 59.0 Å². The number of hydrogen-bond acceptors (Lipinski definition) is 5. The van der Waals surface area contributed by atoms with Gasteiger partial charge >= 0.3 is 0 Å². The van der Waals surface area contributed by atoms with E-state index in [-0.39, 0.29) is 41.2 Å². The summed E-state index contributed by atoms with van der Waals surface area (Å²) in [6.45, 7) is 0.215. The van der Waals surface area contributed by atoms with Gasteiger partial charge in [0.05, 0.1) is 9.95 Å². The Morgan fingerprint density at radius 3 is 2.61 bits per heavy atom. The third-order valence-electron chi connectivity index (χ3n) is 3.75. The first-order valence-electron chi connectivity index (χ1n) is 8.10. The minimum absolute atomic E-state index is 0.0111. The van der Waals surface area contributed by atoms with E-state index in [9.17, 15) is 19.3 Å². The average molecular weight is 405 g/mol. The molecule has 0 spiro atoms. The van der Waals surface area contributed by atoms with Gasteiger partial charge in [-0.1, -0.05) is 23.7 Å². The largest absolute Gasteiger partial charge is 0.484 e. The Morgan fingerprint density at radius 1 is 1.18 bits per heavy atom. The zero-order valence-corrected chi connectivity index (χ0v) is 15.1. The van der Waals surface area contributed by atoms with E-state index in [1.807, 2.05) is 0 Å². The second-order valence-corrected chi connectivity index (χ2v) is 6.14. The first-order chi connectivity index (χ1) is 13.4. The van der Waals surface area contributed by atoms with Crippen molar-refractivity contribution in [2.75, 3.05) is 0 Å². The third-order valence-corrected chi connectivity index (χ3v) is 4.04. The predicted molar refractivity (Wildman–Crippen MR) is 98.7 cm³/mol. The number of halogens is 2. The first-order valence-corrected chi connectivity index (χ1v) is 8.48. The molecule has 3 rings (SSSR count). The highest BCUT2D eigenvalue weighted by Gasteiger charge is 2.13. The van der Waals surface area contributed by atoms with Gasteiger partial charge in [0.2, 0.25) is 0 Å². The molecule has 7 nitrogen and oxygen atoms in total. The van der Waals surface area contributed by atoms with Crippen LogP contribution in [0.5, 0.6) is 5.75 Å². The van der Waals surface area contributed by atoms with Crippen molar-refractivity contribution in [2.45, 2.75) is 13.2 Å². The Morgan fingerprint density at radius 2 is 1.93 bits per heavy atom. The monoisotopic (exact) mass is 404 g/mol. The van der Waals surface area contributed by atoms with Gasteiger partial charge in [-0.2, -0.15) is 0 Å². The van der Waals surface area contributed by atoms with Crippen LogP contribution in [0.3, 0.4) is 0 Å². The standard InChI is InChI=1S/C19H14ClFN2O5/c20-16-9-14(23(25)26)5-7-17(16)27-11-15-6-8-18(28-15)19(24)22-10-12-1-3-13(21)4-2-12/h1-9H,10-11H2,(H,22,24). The van der Waals surface area contributed by atoms with E-state index < -0.39 is 10.8 Å². The number of carbonyl (C=O) groups is 1. The molecule has 2 aromatic carbocycles. The highest BCUT2D eigenvalue weighted by Crippen LogP contribution is 2.29. The number of furan rings is 1. The van der Waals surface area contributed by atoms with Crippen LogP contribution >= 0.6 is 11.6 Å². The van der Waals surface area contributed by atoms with Crippen LogP contribution in [0.2, 0.25) is 5.02 Å². The highest BCUT2D eigenvalue weighted by atomic mass is 35.5. The van der Waals surface area contributed by atoms with Crippen molar-refractivity contribution < 1.29 is 23.3 Å². The van der Waals surface area contributed by atoms with Crippen LogP contribution in [0, 0.1) is 15.9 Å². The summed E-state index contributed by atoms with van der Waals surface area (Å²) in [5.74, 6) is -0.0503. The van der Waals surface area contributed by atoms with Gasteiger partial charge in [-0.15, -0.1) is 0 Å². The molecule has 144 valence electrons. The zero-order valence-electron chi connectivity index (χ0n) is 14.4. The van der Waals surface area contributed by atoms with E-state index in [1.54, 1.807) is 18.2 Å². The van der Waals surface area contributed by atoms with Crippen LogP contribution in [0.25, 0.3) is 0 Å². The number of non-ortho nitro benzene ring substituents is 1. The van der Waals surface area contributed by atoms with Crippen molar-refractivity contribution in [2.24, 2.45) is 0 Å². The average Bonchev–Trinajstić information content (AvgIpc) is 3.15. The van der Waals surface area contributed by atoms with E-state index in [2.05, 4.69) is 5.32 Å². The molecule has 0 aliphatic heterocycles. The number of benzene rings is 2. The van der Waals surface area contributed by atoms with Gasteiger partial charge < -0.3 is 14.5 Å². The van der Waals surface area contributed by atoms with Crippen LogP contribution in [0.4, 0.5) is 10.1 Å². The molecule has 0 saturated heterocycles. The SMILES string of the molecule is O=C(NCc1ccc(F)cc1)c1ccc(COc2ccc([N+](=O)[O-])cc2Cl)o1. The van der Waals surface area contributed by atoms with Crippen molar-refractivity contribution in [1.29, 1.82) is 0 Å². The van der Waals surface area contributed by atoms with Crippen LogP contribution < -0.4 is 10.1 Å². The van der Waals surface area contributed by atoms with Crippen molar-refractivity contribution in [1.82, 2.24) is 5.32 Å². The lowest BCUT2D eigenvalue weighted by molar-refractivity contribution is -0.384. The van der Waals surface area contributed by atoms with Gasteiger partial charge in [-0.25, -0.2) is 4.39 Å². The van der Waals surface area contributed by atoms with E-state index >= 15 is 0 Å². The van der Waals surface area contributed by atoms with Crippen molar-refractivity contribution in [3.05, 3.63) is 92.6 Å². The van der Waals surface area contributed by atoms with E-state index in [1.165, 1.54) is 36.4 Å². The van der Waals surface area contributed by atoms with E-state index in [4.69, 9.17) is 20.8 Å². The number of nitro benzene ring substituents is 1. The molecule has 3 aromatic rings. The van der Waals surface area contributed by atoms with Crippen molar-refractivity contribution >= 4 is 23.2 Å². The molecular weight excluding hydrogens is 391 g/mol. The van der Waals surface area contributed by atoms with Gasteiger partial charge in [0.1, 0.15) is 23.9 Å². The van der Waals surface area contributed by atoms with Crippen LogP contribution in [-0.4, -0.2) is 10.8 Å². The Bertz CT molecular complexity index is 1000. The molecular formula is C19H14ClFN2O5. The number of hydrogen-bond donors (Lipinski definition) is 1. The summed E-state index contributed by atoms with van der Waals surface area (Å²) in [5, 5.41) is 13.5. The Kier molecular flexibility index (Phi) is 5.90. The molecule has 1 amide bonds. The lowest BCUT2D eigenvalue weighted by Gasteiger charge is -2.06. The fraction of sp³-hybridized carbons (Fsp3) is 0.105. The normalized spacial score (nSPS) is 10.5. The summed E-state index contributed by atoms with van der Waals surface area (Å²) < 4.78 is 23.8. The molecule has 0 fully saturated rings. The van der Waals surface area contributed by atoms with Gasteiger partial charge in [0.25, 0.3) is 11.6 Å². The molecule has 0 radical (unpaired) electrons. The lowest BCUT2D eigenvalue weighted by atomic mass is 10.2. The molecule has 1 heterocycles. The molecule has 28 heavy (non-hydrogen) atoms. The topological polar surface area (TPSA) is 94.6 Å². The molecule has 0 aliphatic carbocycles. The minimum Gasteiger partial charge on any atom is -0.484 e. The Labute approximate surface area is 163 Å². The van der Waals surface area contributed by atoms with Crippen LogP contribution in [0.1, 0.15) is 21.9 Å². The second-order valence-electron chi connectivity index (χ2n) is 5.74. The van der Waals surface area contributed by atoms with E-state index in [0.717, 1.165) is 5.56 Å². The molecule has 1 aromatic heterocycles. The summed E-state index contributed by atoms with van der Waals surface area (Å²) >= 11 is 5.96. The third kappa shape index (κ3) is 4.86. The van der Waals surface area contributed by atoms with E-state index in [0.29, 0.717) is 5.76 Å². The fourth-order valence-electron chi connectivity index (χ4n) is 2.32.